The second-order valence-electron chi connectivity index (χ2n) is 6.01. The van der Waals surface area contributed by atoms with E-state index < -0.39 is 11.6 Å². The number of carbonyl (C=O) groups is 2. The van der Waals surface area contributed by atoms with Crippen LogP contribution in [-0.2, 0) is 14.3 Å². The first kappa shape index (κ1) is 21.0. The number of nitrogens with one attached hydrogen (secondary N) is 1. The van der Waals surface area contributed by atoms with Crippen LogP contribution in [0.4, 0.5) is 5.69 Å². The fraction of sp³-hybridized carbons (Fsp3) is 0.579. The van der Waals surface area contributed by atoms with Gasteiger partial charge in [0.15, 0.2) is 0 Å². The van der Waals surface area contributed by atoms with Crippen LogP contribution >= 0.6 is 0 Å². The molecule has 0 aliphatic rings. The quantitative estimate of drug-likeness (QED) is 0.685. The topological polar surface area (TPSA) is 73.9 Å². The highest BCUT2D eigenvalue weighted by Crippen LogP contribution is 2.26. The molecule has 1 N–H and O–H groups in total. The Balaban J connectivity index is 3.12. The third-order valence-corrected chi connectivity index (χ3v) is 4.24. The maximum absolute atomic E-state index is 12.4. The van der Waals surface area contributed by atoms with Crippen LogP contribution < -0.4 is 10.1 Å². The number of hydrogen-bond acceptors (Lipinski definition) is 5. The third-order valence-electron chi connectivity index (χ3n) is 4.24. The van der Waals surface area contributed by atoms with Crippen molar-refractivity contribution in [3.8, 4) is 5.75 Å². The lowest BCUT2D eigenvalue weighted by Crippen LogP contribution is -2.41. The lowest BCUT2D eigenvalue weighted by atomic mass is 10.0. The first-order chi connectivity index (χ1) is 11.8. The van der Waals surface area contributed by atoms with Crippen molar-refractivity contribution in [1.82, 2.24) is 0 Å². The van der Waals surface area contributed by atoms with E-state index in [-0.39, 0.29) is 24.2 Å². The van der Waals surface area contributed by atoms with Gasteiger partial charge in [0.25, 0.3) is 5.91 Å². The average Bonchev–Trinajstić information content (AvgIpc) is 2.62. The Labute approximate surface area is 149 Å². The Kier molecular flexibility index (Phi) is 7.90. The second-order valence-corrected chi connectivity index (χ2v) is 6.01. The van der Waals surface area contributed by atoms with Gasteiger partial charge in [-0.15, -0.1) is 0 Å². The molecule has 25 heavy (non-hydrogen) atoms. The molecule has 0 fully saturated rings. The molecule has 6 nitrogen and oxygen atoms in total. The van der Waals surface area contributed by atoms with Crippen molar-refractivity contribution in [3.63, 3.8) is 0 Å². The van der Waals surface area contributed by atoms with Crippen molar-refractivity contribution in [2.75, 3.05) is 19.0 Å². The van der Waals surface area contributed by atoms with Gasteiger partial charge in [-0.1, -0.05) is 13.8 Å². The molecule has 1 aromatic carbocycles. The van der Waals surface area contributed by atoms with Gasteiger partial charge < -0.3 is 19.5 Å². The van der Waals surface area contributed by atoms with E-state index in [1.54, 1.807) is 32.0 Å². The largest absolute Gasteiger partial charge is 0.490 e. The lowest BCUT2D eigenvalue weighted by molar-refractivity contribution is -0.136. The maximum atomic E-state index is 12.4. The number of esters is 1. The number of anilines is 1. The standard InChI is InChI=1S/C19H29NO5/c1-7-13(4)25-16-11-10-14(12-15(16)17(21)24-9-3)20-18(22)19(5,8-2)23-6/h10-13H,7-9H2,1-6H3,(H,20,22)/t13-,19-/m1/s1. The van der Waals surface area contributed by atoms with E-state index in [2.05, 4.69) is 5.32 Å². The minimum Gasteiger partial charge on any atom is -0.490 e. The van der Waals surface area contributed by atoms with Gasteiger partial charge in [0.2, 0.25) is 0 Å². The van der Waals surface area contributed by atoms with E-state index in [0.717, 1.165) is 6.42 Å². The maximum Gasteiger partial charge on any atom is 0.341 e. The summed E-state index contributed by atoms with van der Waals surface area (Å²) in [5.41, 5.74) is -0.160. The predicted octanol–water partition coefficient (Wildman–Crippen LogP) is 3.79. The van der Waals surface area contributed by atoms with Crippen LogP contribution in [0.2, 0.25) is 0 Å². The molecule has 0 saturated carbocycles. The Morgan fingerprint density at radius 3 is 2.44 bits per heavy atom. The van der Waals surface area contributed by atoms with Gasteiger partial charge >= 0.3 is 5.97 Å². The van der Waals surface area contributed by atoms with Crippen molar-refractivity contribution in [2.24, 2.45) is 0 Å². The Bertz CT molecular complexity index is 595. The van der Waals surface area contributed by atoms with Crippen molar-refractivity contribution >= 4 is 17.6 Å². The highest BCUT2D eigenvalue weighted by Gasteiger charge is 2.31. The smallest absolute Gasteiger partial charge is 0.341 e. The number of rotatable bonds is 9. The molecule has 1 amide bonds. The van der Waals surface area contributed by atoms with E-state index in [0.29, 0.717) is 17.9 Å². The van der Waals surface area contributed by atoms with Gasteiger partial charge in [0.1, 0.15) is 16.9 Å². The summed E-state index contributed by atoms with van der Waals surface area (Å²) in [6, 6.07) is 4.94. The molecular weight excluding hydrogens is 322 g/mol. The third kappa shape index (κ3) is 5.46. The van der Waals surface area contributed by atoms with Crippen molar-refractivity contribution in [3.05, 3.63) is 23.8 Å². The van der Waals surface area contributed by atoms with E-state index in [1.165, 1.54) is 7.11 Å². The molecule has 0 aliphatic heterocycles. The van der Waals surface area contributed by atoms with Gasteiger partial charge in [0, 0.05) is 12.8 Å². The number of hydrogen-bond donors (Lipinski definition) is 1. The molecule has 0 spiro atoms. The highest BCUT2D eigenvalue weighted by molar-refractivity contribution is 5.99. The van der Waals surface area contributed by atoms with Crippen LogP contribution in [0.3, 0.4) is 0 Å². The fourth-order valence-corrected chi connectivity index (χ4v) is 2.04. The number of methoxy groups -OCH3 is 1. The summed E-state index contributed by atoms with van der Waals surface area (Å²) in [6.45, 7) is 9.51. The molecular formula is C19H29NO5. The molecule has 6 heteroatoms. The summed E-state index contributed by atoms with van der Waals surface area (Å²) < 4.78 is 16.2. The van der Waals surface area contributed by atoms with Gasteiger partial charge in [-0.3, -0.25) is 4.79 Å². The molecule has 1 aromatic rings. The van der Waals surface area contributed by atoms with Crippen LogP contribution in [-0.4, -0.2) is 37.3 Å². The van der Waals surface area contributed by atoms with Gasteiger partial charge in [0.05, 0.1) is 12.7 Å². The Hall–Kier alpha value is -2.08. The zero-order chi connectivity index (χ0) is 19.0. The average molecular weight is 351 g/mol. The number of benzene rings is 1. The second kappa shape index (κ2) is 9.42. The molecule has 0 heterocycles. The summed E-state index contributed by atoms with van der Waals surface area (Å²) in [5, 5.41) is 2.79. The molecule has 0 aliphatic carbocycles. The molecule has 0 bridgehead atoms. The highest BCUT2D eigenvalue weighted by atomic mass is 16.5. The molecule has 140 valence electrons. The fourth-order valence-electron chi connectivity index (χ4n) is 2.04. The minimum atomic E-state index is -0.935. The van der Waals surface area contributed by atoms with E-state index >= 15 is 0 Å². The first-order valence-corrected chi connectivity index (χ1v) is 8.65. The SMILES string of the molecule is CCOC(=O)c1cc(NC(=O)[C@@](C)(CC)OC)ccc1O[C@H](C)CC. The predicted molar refractivity (Wildman–Crippen MR) is 97.1 cm³/mol. The molecule has 1 rings (SSSR count). The van der Waals surface area contributed by atoms with Crippen molar-refractivity contribution < 1.29 is 23.8 Å². The zero-order valence-corrected chi connectivity index (χ0v) is 16.0. The van der Waals surface area contributed by atoms with Crippen LogP contribution in [0.1, 0.15) is 57.8 Å². The van der Waals surface area contributed by atoms with Crippen molar-refractivity contribution in [1.29, 1.82) is 0 Å². The summed E-state index contributed by atoms with van der Waals surface area (Å²) in [4.78, 5) is 24.7. The number of carbonyl (C=O) groups excluding carboxylic acids is 2. The molecule has 0 aromatic heterocycles. The summed E-state index contributed by atoms with van der Waals surface area (Å²) >= 11 is 0. The minimum absolute atomic E-state index is 0.0366. The monoisotopic (exact) mass is 351 g/mol. The molecule has 0 saturated heterocycles. The van der Waals surface area contributed by atoms with Crippen LogP contribution in [0.15, 0.2) is 18.2 Å². The number of ether oxygens (including phenoxy) is 3. The Morgan fingerprint density at radius 2 is 1.92 bits per heavy atom. The molecule has 2 atom stereocenters. The summed E-state index contributed by atoms with van der Waals surface area (Å²) in [7, 11) is 1.50. The number of amides is 1. The van der Waals surface area contributed by atoms with Crippen LogP contribution in [0.5, 0.6) is 5.75 Å². The lowest BCUT2D eigenvalue weighted by Gasteiger charge is -2.25. The van der Waals surface area contributed by atoms with Crippen LogP contribution in [0, 0.1) is 0 Å². The van der Waals surface area contributed by atoms with E-state index in [4.69, 9.17) is 14.2 Å². The van der Waals surface area contributed by atoms with Crippen molar-refractivity contribution in [2.45, 2.75) is 59.2 Å². The molecule has 0 unspecified atom stereocenters. The Morgan fingerprint density at radius 1 is 1.24 bits per heavy atom. The summed E-state index contributed by atoms with van der Waals surface area (Å²) in [6.07, 6.45) is 1.30. The van der Waals surface area contributed by atoms with Gasteiger partial charge in [-0.2, -0.15) is 0 Å². The zero-order valence-electron chi connectivity index (χ0n) is 16.0. The normalized spacial score (nSPS) is 14.3. The van der Waals surface area contributed by atoms with E-state index in [1.807, 2.05) is 20.8 Å². The van der Waals surface area contributed by atoms with Crippen LogP contribution in [0.25, 0.3) is 0 Å². The van der Waals surface area contributed by atoms with E-state index in [9.17, 15) is 9.59 Å². The first-order valence-electron chi connectivity index (χ1n) is 8.65. The van der Waals surface area contributed by atoms with Gasteiger partial charge in [-0.05, 0) is 51.8 Å². The molecule has 0 radical (unpaired) electrons. The van der Waals surface area contributed by atoms with Gasteiger partial charge in [-0.25, -0.2) is 4.79 Å². The summed E-state index contributed by atoms with van der Waals surface area (Å²) in [5.74, 6) is -0.319.